The molecule has 23 heavy (non-hydrogen) atoms. The summed E-state index contributed by atoms with van der Waals surface area (Å²) in [5, 5.41) is 5.90. The number of rotatable bonds is 4. The summed E-state index contributed by atoms with van der Waals surface area (Å²) in [5.41, 5.74) is 3.22. The molecular formula is C18H27N3O2. The van der Waals surface area contributed by atoms with E-state index in [0.717, 1.165) is 25.1 Å². The lowest BCUT2D eigenvalue weighted by Crippen LogP contribution is -2.45. The molecule has 5 heteroatoms. The van der Waals surface area contributed by atoms with Crippen LogP contribution >= 0.6 is 0 Å². The third-order valence-electron chi connectivity index (χ3n) is 4.47. The fourth-order valence-corrected chi connectivity index (χ4v) is 2.82. The number of urea groups is 1. The molecule has 1 atom stereocenters. The van der Waals surface area contributed by atoms with Crippen LogP contribution in [0, 0.1) is 19.8 Å². The van der Waals surface area contributed by atoms with E-state index in [9.17, 15) is 9.59 Å². The lowest BCUT2D eigenvalue weighted by atomic mass is 9.98. The van der Waals surface area contributed by atoms with Gasteiger partial charge >= 0.3 is 6.03 Å². The van der Waals surface area contributed by atoms with Gasteiger partial charge in [0, 0.05) is 31.7 Å². The zero-order valence-corrected chi connectivity index (χ0v) is 14.3. The van der Waals surface area contributed by atoms with Crippen molar-refractivity contribution in [1.29, 1.82) is 0 Å². The van der Waals surface area contributed by atoms with Gasteiger partial charge in [0.15, 0.2) is 0 Å². The first-order valence-corrected chi connectivity index (χ1v) is 8.39. The van der Waals surface area contributed by atoms with Crippen LogP contribution in [-0.4, -0.2) is 36.5 Å². The largest absolute Gasteiger partial charge is 0.356 e. The van der Waals surface area contributed by atoms with Crippen molar-refractivity contribution in [1.82, 2.24) is 10.2 Å². The van der Waals surface area contributed by atoms with Crippen molar-refractivity contribution in [2.45, 2.75) is 40.0 Å². The topological polar surface area (TPSA) is 61.4 Å². The molecule has 0 saturated carbocycles. The van der Waals surface area contributed by atoms with Crippen molar-refractivity contribution < 1.29 is 9.59 Å². The molecule has 0 spiro atoms. The highest BCUT2D eigenvalue weighted by molar-refractivity contribution is 5.89. The lowest BCUT2D eigenvalue weighted by Gasteiger charge is -2.33. The van der Waals surface area contributed by atoms with Crippen LogP contribution < -0.4 is 10.6 Å². The number of nitrogens with one attached hydrogen (secondary N) is 2. The minimum atomic E-state index is -0.0558. The number of anilines is 1. The Morgan fingerprint density at radius 2 is 2.04 bits per heavy atom. The maximum atomic E-state index is 12.4. The number of carbonyl (C=O) groups is 2. The van der Waals surface area contributed by atoms with Crippen LogP contribution in [0.25, 0.3) is 0 Å². The van der Waals surface area contributed by atoms with E-state index in [4.69, 9.17) is 0 Å². The van der Waals surface area contributed by atoms with Gasteiger partial charge in [-0.2, -0.15) is 0 Å². The number of benzene rings is 1. The van der Waals surface area contributed by atoms with E-state index in [1.807, 2.05) is 36.9 Å². The Bertz CT molecular complexity index is 571. The number of carbonyl (C=O) groups excluding carboxylic acids is 2. The molecular weight excluding hydrogens is 290 g/mol. The molecule has 0 unspecified atom stereocenters. The molecule has 3 amide bonds. The predicted octanol–water partition coefficient (Wildman–Crippen LogP) is 3.07. The second-order valence-electron chi connectivity index (χ2n) is 6.34. The Kier molecular flexibility index (Phi) is 6.02. The zero-order valence-electron chi connectivity index (χ0n) is 14.3. The van der Waals surface area contributed by atoms with E-state index in [0.29, 0.717) is 25.4 Å². The number of hydrogen-bond donors (Lipinski definition) is 2. The first-order chi connectivity index (χ1) is 11.0. The molecule has 1 saturated heterocycles. The van der Waals surface area contributed by atoms with Crippen LogP contribution in [0.5, 0.6) is 0 Å². The molecule has 1 aromatic carbocycles. The van der Waals surface area contributed by atoms with Crippen LogP contribution in [0.1, 0.15) is 37.3 Å². The van der Waals surface area contributed by atoms with Crippen LogP contribution in [0.3, 0.4) is 0 Å². The molecule has 1 fully saturated rings. The van der Waals surface area contributed by atoms with Crippen molar-refractivity contribution in [3.8, 4) is 0 Å². The highest BCUT2D eigenvalue weighted by Gasteiger charge is 2.24. The maximum absolute atomic E-state index is 12.4. The normalized spacial score (nSPS) is 17.7. The molecule has 5 nitrogen and oxygen atoms in total. The highest BCUT2D eigenvalue weighted by Crippen LogP contribution is 2.19. The van der Waals surface area contributed by atoms with Gasteiger partial charge < -0.3 is 15.5 Å². The van der Waals surface area contributed by atoms with Gasteiger partial charge in [-0.05, 0) is 55.9 Å². The number of amides is 3. The van der Waals surface area contributed by atoms with Crippen molar-refractivity contribution in [3.05, 3.63) is 29.3 Å². The summed E-state index contributed by atoms with van der Waals surface area (Å²) in [7, 11) is 0. The molecule has 1 aliphatic heterocycles. The Balaban J connectivity index is 1.88. The number of likely N-dealkylation sites (tertiary alicyclic amines) is 1. The van der Waals surface area contributed by atoms with Gasteiger partial charge in [0.25, 0.3) is 0 Å². The van der Waals surface area contributed by atoms with Gasteiger partial charge in [0.2, 0.25) is 5.91 Å². The van der Waals surface area contributed by atoms with E-state index in [2.05, 4.69) is 17.6 Å². The average molecular weight is 317 g/mol. The number of aryl methyl sites for hydroxylation is 2. The van der Waals surface area contributed by atoms with Crippen LogP contribution in [0.15, 0.2) is 18.2 Å². The van der Waals surface area contributed by atoms with E-state index in [1.165, 1.54) is 11.1 Å². The van der Waals surface area contributed by atoms with Crippen molar-refractivity contribution in [2.24, 2.45) is 5.92 Å². The number of nitrogens with zero attached hydrogens (tertiary/aromatic N) is 1. The Hall–Kier alpha value is -2.04. The predicted molar refractivity (Wildman–Crippen MR) is 92.5 cm³/mol. The van der Waals surface area contributed by atoms with Gasteiger partial charge in [0.1, 0.15) is 0 Å². The van der Waals surface area contributed by atoms with Crippen molar-refractivity contribution >= 4 is 17.6 Å². The summed E-state index contributed by atoms with van der Waals surface area (Å²) in [6, 6.07) is 5.89. The third kappa shape index (κ3) is 4.98. The van der Waals surface area contributed by atoms with Gasteiger partial charge in [-0.3, -0.25) is 4.79 Å². The van der Waals surface area contributed by atoms with Gasteiger partial charge in [0.05, 0.1) is 0 Å². The zero-order chi connectivity index (χ0) is 16.8. The first-order valence-electron chi connectivity index (χ1n) is 8.39. The fraction of sp³-hybridized carbons (Fsp3) is 0.556. The maximum Gasteiger partial charge on any atom is 0.321 e. The molecule has 126 valence electrons. The molecule has 2 rings (SSSR count). The molecule has 0 aliphatic carbocycles. The van der Waals surface area contributed by atoms with E-state index in [-0.39, 0.29) is 11.9 Å². The fourth-order valence-electron chi connectivity index (χ4n) is 2.82. The van der Waals surface area contributed by atoms with Gasteiger partial charge in [-0.15, -0.1) is 0 Å². The SMILES string of the molecule is CCC(=O)NC[C@@H]1CCCN(C(=O)Nc2ccc(C)c(C)c2)C1. The average Bonchev–Trinajstić information content (AvgIpc) is 2.56. The molecule has 1 heterocycles. The monoisotopic (exact) mass is 317 g/mol. The van der Waals surface area contributed by atoms with Crippen LogP contribution in [0.2, 0.25) is 0 Å². The molecule has 1 aliphatic rings. The molecule has 0 bridgehead atoms. The van der Waals surface area contributed by atoms with Crippen molar-refractivity contribution in [3.63, 3.8) is 0 Å². The molecule has 2 N–H and O–H groups in total. The molecule has 0 aromatic heterocycles. The van der Waals surface area contributed by atoms with E-state index in [1.54, 1.807) is 0 Å². The van der Waals surface area contributed by atoms with Gasteiger partial charge in [-0.1, -0.05) is 13.0 Å². The standard InChI is InChI=1S/C18H27N3O2/c1-4-17(22)19-11-15-6-5-9-21(12-15)18(23)20-16-8-7-13(2)14(3)10-16/h7-8,10,15H,4-6,9,11-12H2,1-3H3,(H,19,22)(H,20,23)/t15-/m0/s1. The summed E-state index contributed by atoms with van der Waals surface area (Å²) in [4.78, 5) is 25.6. The summed E-state index contributed by atoms with van der Waals surface area (Å²) >= 11 is 0. The summed E-state index contributed by atoms with van der Waals surface area (Å²) in [5.74, 6) is 0.409. The highest BCUT2D eigenvalue weighted by atomic mass is 16.2. The van der Waals surface area contributed by atoms with Crippen LogP contribution in [0.4, 0.5) is 10.5 Å². The van der Waals surface area contributed by atoms with E-state index < -0.39 is 0 Å². The third-order valence-corrected chi connectivity index (χ3v) is 4.47. The number of piperidine rings is 1. The summed E-state index contributed by atoms with van der Waals surface area (Å²) in [6.07, 6.45) is 2.54. The van der Waals surface area contributed by atoms with Crippen molar-refractivity contribution in [2.75, 3.05) is 25.0 Å². The second kappa shape index (κ2) is 7.99. The Labute approximate surface area is 138 Å². The summed E-state index contributed by atoms with van der Waals surface area (Å²) < 4.78 is 0. The van der Waals surface area contributed by atoms with E-state index >= 15 is 0 Å². The molecule has 1 aromatic rings. The Morgan fingerprint density at radius 3 is 2.74 bits per heavy atom. The minimum Gasteiger partial charge on any atom is -0.356 e. The quantitative estimate of drug-likeness (QED) is 0.896. The first kappa shape index (κ1) is 17.3. The summed E-state index contributed by atoms with van der Waals surface area (Å²) in [6.45, 7) is 8.06. The second-order valence-corrected chi connectivity index (χ2v) is 6.34. The number of hydrogen-bond acceptors (Lipinski definition) is 2. The van der Waals surface area contributed by atoms with Gasteiger partial charge in [-0.25, -0.2) is 4.79 Å². The minimum absolute atomic E-state index is 0.0558. The smallest absolute Gasteiger partial charge is 0.321 e. The molecule has 0 radical (unpaired) electrons. The lowest BCUT2D eigenvalue weighted by molar-refractivity contribution is -0.121. The Morgan fingerprint density at radius 1 is 1.26 bits per heavy atom. The van der Waals surface area contributed by atoms with Crippen LogP contribution in [-0.2, 0) is 4.79 Å².